The van der Waals surface area contributed by atoms with Gasteiger partial charge in [-0.2, -0.15) is 4.31 Å². The second kappa shape index (κ2) is 8.92. The van der Waals surface area contributed by atoms with Crippen LogP contribution in [0.2, 0.25) is 0 Å². The van der Waals surface area contributed by atoms with Crippen LogP contribution in [-0.4, -0.2) is 61.1 Å². The number of carboxylic acids is 1. The lowest BCUT2D eigenvalue weighted by atomic mass is 10.1. The first kappa shape index (κ1) is 22.5. The zero-order chi connectivity index (χ0) is 22.8. The molecule has 0 bridgehead atoms. The number of carbonyl (C=O) groups excluding carboxylic acids is 1. The normalized spacial score (nSPS) is 14.8. The van der Waals surface area contributed by atoms with Crippen LogP contribution in [0.3, 0.4) is 0 Å². The Morgan fingerprint density at radius 3 is 2.29 bits per heavy atom. The van der Waals surface area contributed by atoms with Gasteiger partial charge in [-0.3, -0.25) is 4.79 Å². The van der Waals surface area contributed by atoms with Crippen LogP contribution in [0, 0.1) is 13.8 Å². The average Bonchev–Trinajstić information content (AvgIpc) is 2.72. The molecular formula is C20H22N2O8S. The maximum Gasteiger partial charge on any atom is 0.394 e. The molecule has 1 saturated heterocycles. The number of nitrogens with one attached hydrogen (secondary N) is 1. The van der Waals surface area contributed by atoms with Crippen LogP contribution < -0.4 is 10.1 Å². The van der Waals surface area contributed by atoms with Crippen LogP contribution in [-0.2, 0) is 24.3 Å². The van der Waals surface area contributed by atoms with E-state index in [0.717, 1.165) is 0 Å². The summed E-state index contributed by atoms with van der Waals surface area (Å²) in [6.45, 7) is 4.33. The number of hydrogen-bond acceptors (Lipinski definition) is 7. The lowest BCUT2D eigenvalue weighted by molar-refractivity contribution is -0.147. The first-order chi connectivity index (χ1) is 14.6. The summed E-state index contributed by atoms with van der Waals surface area (Å²) in [6, 6.07) is 7.00. The zero-order valence-corrected chi connectivity index (χ0v) is 17.7. The van der Waals surface area contributed by atoms with Crippen LogP contribution in [0.1, 0.15) is 11.1 Å². The molecule has 1 aliphatic heterocycles. The van der Waals surface area contributed by atoms with Gasteiger partial charge < -0.3 is 25.0 Å². The Morgan fingerprint density at radius 1 is 1.10 bits per heavy atom. The van der Waals surface area contributed by atoms with E-state index in [-0.39, 0.29) is 48.4 Å². The van der Waals surface area contributed by atoms with E-state index in [1.165, 1.54) is 34.6 Å². The number of phenols is 1. The van der Waals surface area contributed by atoms with E-state index in [9.17, 15) is 23.1 Å². The lowest BCUT2D eigenvalue weighted by Gasteiger charge is -2.26. The Bertz CT molecular complexity index is 1100. The number of phenolic OH excluding ortho intramolecular Hbond substituents is 1. The predicted molar refractivity (Wildman–Crippen MR) is 110 cm³/mol. The second-order valence-electron chi connectivity index (χ2n) is 6.95. The predicted octanol–water partition coefficient (Wildman–Crippen LogP) is 1.85. The number of amides is 1. The third-order valence-electron chi connectivity index (χ3n) is 4.65. The fourth-order valence-corrected chi connectivity index (χ4v) is 4.68. The van der Waals surface area contributed by atoms with Crippen molar-refractivity contribution in [1.29, 1.82) is 0 Å². The fraction of sp³-hybridized carbons (Fsp3) is 0.300. The van der Waals surface area contributed by atoms with Crippen molar-refractivity contribution < 1.29 is 37.7 Å². The largest absolute Gasteiger partial charge is 0.507 e. The number of sulfonamides is 1. The average molecular weight is 450 g/mol. The molecule has 3 N–H and O–H groups in total. The minimum Gasteiger partial charge on any atom is -0.507 e. The Balaban J connectivity index is 1.89. The third kappa shape index (κ3) is 4.95. The van der Waals surface area contributed by atoms with E-state index in [2.05, 4.69) is 5.32 Å². The second-order valence-corrected chi connectivity index (χ2v) is 8.85. The Morgan fingerprint density at radius 2 is 1.71 bits per heavy atom. The highest BCUT2D eigenvalue weighted by Crippen LogP contribution is 2.35. The smallest absolute Gasteiger partial charge is 0.394 e. The molecule has 1 heterocycles. The van der Waals surface area contributed by atoms with Crippen molar-refractivity contribution in [2.75, 3.05) is 31.6 Å². The number of carboxylic acid groups (broad SMARTS) is 1. The standard InChI is InChI=1S/C20H22N2O8S/c1-12-9-14(21-19(24)20(25)26)10-13(2)18(12)30-15-3-4-16(23)17(11-15)31(27,28)22-5-7-29-8-6-22/h3-4,9-11,23H,5-8H2,1-2H3,(H,21,24)(H,25,26). The Hall–Kier alpha value is -3.15. The van der Waals surface area contributed by atoms with Gasteiger partial charge in [0.1, 0.15) is 22.1 Å². The summed E-state index contributed by atoms with van der Waals surface area (Å²) in [5.41, 5.74) is 1.47. The molecule has 10 nitrogen and oxygen atoms in total. The monoisotopic (exact) mass is 450 g/mol. The molecule has 0 atom stereocenters. The molecule has 0 aromatic heterocycles. The molecule has 0 radical (unpaired) electrons. The molecule has 0 unspecified atom stereocenters. The van der Waals surface area contributed by atoms with Gasteiger partial charge in [0.25, 0.3) is 0 Å². The van der Waals surface area contributed by atoms with E-state index in [1.54, 1.807) is 13.8 Å². The molecule has 11 heteroatoms. The van der Waals surface area contributed by atoms with Crippen molar-refractivity contribution in [3.63, 3.8) is 0 Å². The van der Waals surface area contributed by atoms with Crippen molar-refractivity contribution in [3.8, 4) is 17.2 Å². The van der Waals surface area contributed by atoms with Gasteiger partial charge in [0.05, 0.1) is 13.2 Å². The van der Waals surface area contributed by atoms with Gasteiger partial charge in [0.15, 0.2) is 0 Å². The summed E-state index contributed by atoms with van der Waals surface area (Å²) in [6.07, 6.45) is 0. The SMILES string of the molecule is Cc1cc(NC(=O)C(=O)O)cc(C)c1Oc1ccc(O)c(S(=O)(=O)N2CCOCC2)c1. The maximum absolute atomic E-state index is 12.9. The topological polar surface area (TPSA) is 142 Å². The number of benzene rings is 2. The van der Waals surface area contributed by atoms with Gasteiger partial charge in [0.2, 0.25) is 10.0 Å². The summed E-state index contributed by atoms with van der Waals surface area (Å²) in [5, 5.41) is 21.1. The first-order valence-corrected chi connectivity index (χ1v) is 10.8. The van der Waals surface area contributed by atoms with E-state index in [1.807, 2.05) is 0 Å². The minimum absolute atomic E-state index is 0.189. The molecule has 0 spiro atoms. The Labute approximate surface area is 179 Å². The van der Waals surface area contributed by atoms with E-state index >= 15 is 0 Å². The van der Waals surface area contributed by atoms with Crippen molar-refractivity contribution in [2.24, 2.45) is 0 Å². The summed E-state index contributed by atoms with van der Waals surface area (Å²) in [4.78, 5) is 21.8. The molecule has 2 aromatic carbocycles. The molecule has 31 heavy (non-hydrogen) atoms. The fourth-order valence-electron chi connectivity index (χ4n) is 3.18. The minimum atomic E-state index is -3.94. The molecule has 0 aliphatic carbocycles. The number of hydrogen-bond donors (Lipinski definition) is 3. The number of morpholine rings is 1. The van der Waals surface area contributed by atoms with Gasteiger partial charge in [-0.25, -0.2) is 13.2 Å². The number of carbonyl (C=O) groups is 2. The number of ether oxygens (including phenoxy) is 2. The molecule has 3 rings (SSSR count). The number of aromatic hydroxyl groups is 1. The molecule has 166 valence electrons. The number of nitrogens with zero attached hydrogens (tertiary/aromatic N) is 1. The zero-order valence-electron chi connectivity index (χ0n) is 16.9. The van der Waals surface area contributed by atoms with Crippen LogP contribution in [0.25, 0.3) is 0 Å². The number of aryl methyl sites for hydroxylation is 2. The lowest BCUT2D eigenvalue weighted by Crippen LogP contribution is -2.40. The number of rotatable bonds is 5. The summed E-state index contributed by atoms with van der Waals surface area (Å²) in [5.74, 6) is -2.55. The van der Waals surface area contributed by atoms with Gasteiger partial charge in [0, 0.05) is 24.8 Å². The molecule has 1 fully saturated rings. The van der Waals surface area contributed by atoms with Crippen LogP contribution in [0.15, 0.2) is 35.2 Å². The van der Waals surface area contributed by atoms with Crippen LogP contribution in [0.4, 0.5) is 5.69 Å². The summed E-state index contributed by atoms with van der Waals surface area (Å²) < 4.78 is 38.1. The van der Waals surface area contributed by atoms with Gasteiger partial charge >= 0.3 is 11.9 Å². The van der Waals surface area contributed by atoms with Gasteiger partial charge in [-0.05, 0) is 49.2 Å². The van der Waals surface area contributed by atoms with Crippen molar-refractivity contribution in [1.82, 2.24) is 4.31 Å². The molecule has 0 saturated carbocycles. The molecular weight excluding hydrogens is 428 g/mol. The quantitative estimate of drug-likeness (QED) is 0.586. The highest BCUT2D eigenvalue weighted by molar-refractivity contribution is 7.89. The van der Waals surface area contributed by atoms with Crippen molar-refractivity contribution in [3.05, 3.63) is 41.5 Å². The number of anilines is 1. The third-order valence-corrected chi connectivity index (χ3v) is 6.58. The van der Waals surface area contributed by atoms with Gasteiger partial charge in [-0.1, -0.05) is 0 Å². The first-order valence-electron chi connectivity index (χ1n) is 9.34. The molecule has 1 amide bonds. The van der Waals surface area contributed by atoms with Gasteiger partial charge in [-0.15, -0.1) is 0 Å². The highest BCUT2D eigenvalue weighted by Gasteiger charge is 2.29. The maximum atomic E-state index is 12.9. The molecule has 1 aliphatic rings. The highest BCUT2D eigenvalue weighted by atomic mass is 32.2. The van der Waals surface area contributed by atoms with Crippen LogP contribution >= 0.6 is 0 Å². The number of aliphatic carboxylic acids is 1. The molecule has 2 aromatic rings. The van der Waals surface area contributed by atoms with Crippen LogP contribution in [0.5, 0.6) is 17.2 Å². The van der Waals surface area contributed by atoms with Crippen molar-refractivity contribution >= 4 is 27.6 Å². The van der Waals surface area contributed by atoms with E-state index in [0.29, 0.717) is 16.9 Å². The summed E-state index contributed by atoms with van der Waals surface area (Å²) >= 11 is 0. The van der Waals surface area contributed by atoms with Crippen molar-refractivity contribution in [2.45, 2.75) is 18.7 Å². The van der Waals surface area contributed by atoms with E-state index in [4.69, 9.17) is 14.6 Å². The summed E-state index contributed by atoms with van der Waals surface area (Å²) in [7, 11) is -3.94. The van der Waals surface area contributed by atoms with E-state index < -0.39 is 21.9 Å². The Kier molecular flexibility index (Phi) is 6.48.